The Bertz CT molecular complexity index is 1030. The van der Waals surface area contributed by atoms with Crippen LogP contribution in [0.2, 0.25) is 0 Å². The number of ether oxygens (including phenoxy) is 2. The van der Waals surface area contributed by atoms with Crippen LogP contribution in [-0.2, 0) is 4.74 Å². The van der Waals surface area contributed by atoms with Gasteiger partial charge in [0.25, 0.3) is 0 Å². The first kappa shape index (κ1) is 21.7. The Labute approximate surface area is 189 Å². The van der Waals surface area contributed by atoms with Gasteiger partial charge in [0.15, 0.2) is 0 Å². The number of nitrogens with one attached hydrogen (secondary N) is 1. The molecule has 0 atom stereocenters. The number of carbonyl (C=O) groups is 1. The van der Waals surface area contributed by atoms with Crippen LogP contribution in [0.4, 0.5) is 4.79 Å². The van der Waals surface area contributed by atoms with E-state index in [9.17, 15) is 4.79 Å². The molecule has 4 rings (SSSR count). The molecule has 164 valence electrons. The molecule has 1 N–H and O–H groups in total. The van der Waals surface area contributed by atoms with E-state index in [1.165, 1.54) is 22.3 Å². The zero-order valence-electron chi connectivity index (χ0n) is 18.4. The van der Waals surface area contributed by atoms with Gasteiger partial charge in [0.05, 0.1) is 6.61 Å². The van der Waals surface area contributed by atoms with Crippen molar-refractivity contribution in [3.63, 3.8) is 0 Å². The van der Waals surface area contributed by atoms with E-state index >= 15 is 0 Å². The van der Waals surface area contributed by atoms with Gasteiger partial charge in [-0.3, -0.25) is 0 Å². The van der Waals surface area contributed by atoms with Crippen molar-refractivity contribution in [2.24, 2.45) is 0 Å². The van der Waals surface area contributed by atoms with Gasteiger partial charge in [-0.1, -0.05) is 86.2 Å². The standard InChI is InChI=1S/C28H29NO3/c1-2-3-19-31-22-16-14-21(15-17-22)9-8-18-29-28(30)32-20-27-25-12-6-4-10-23(25)24-11-5-7-13-26(24)27/h4-17,27H,2-3,18-20H2,1H3,(H,29,30). The molecule has 4 nitrogen and oxygen atoms in total. The third kappa shape index (κ3) is 5.20. The van der Waals surface area contributed by atoms with Crippen LogP contribution in [0.15, 0.2) is 78.9 Å². The average Bonchev–Trinajstić information content (AvgIpc) is 3.15. The Balaban J connectivity index is 1.25. The predicted octanol–water partition coefficient (Wildman–Crippen LogP) is 6.42. The van der Waals surface area contributed by atoms with Gasteiger partial charge in [-0.2, -0.15) is 0 Å². The summed E-state index contributed by atoms with van der Waals surface area (Å²) < 4.78 is 11.2. The van der Waals surface area contributed by atoms with Gasteiger partial charge in [-0.05, 0) is 46.4 Å². The van der Waals surface area contributed by atoms with Crippen molar-refractivity contribution < 1.29 is 14.3 Å². The lowest BCUT2D eigenvalue weighted by molar-refractivity contribution is 0.144. The molecule has 0 aliphatic heterocycles. The highest BCUT2D eigenvalue weighted by Crippen LogP contribution is 2.44. The minimum Gasteiger partial charge on any atom is -0.494 e. The van der Waals surface area contributed by atoms with Crippen LogP contribution in [0.3, 0.4) is 0 Å². The summed E-state index contributed by atoms with van der Waals surface area (Å²) >= 11 is 0. The van der Waals surface area contributed by atoms with Crippen LogP contribution < -0.4 is 10.1 Å². The number of carbonyl (C=O) groups excluding carboxylic acids is 1. The zero-order valence-corrected chi connectivity index (χ0v) is 18.4. The molecule has 0 fully saturated rings. The molecular formula is C28H29NO3. The Morgan fingerprint density at radius 2 is 1.59 bits per heavy atom. The second-order valence-corrected chi connectivity index (χ2v) is 7.88. The quantitative estimate of drug-likeness (QED) is 0.401. The zero-order chi connectivity index (χ0) is 22.2. The Hall–Kier alpha value is -3.53. The molecule has 1 aliphatic rings. The molecule has 0 radical (unpaired) electrons. The van der Waals surface area contributed by atoms with Crippen LogP contribution in [0, 0.1) is 0 Å². The number of fused-ring (bicyclic) bond motifs is 3. The summed E-state index contributed by atoms with van der Waals surface area (Å²) in [6.45, 7) is 3.62. The van der Waals surface area contributed by atoms with Crippen molar-refractivity contribution in [2.75, 3.05) is 19.8 Å². The lowest BCUT2D eigenvalue weighted by atomic mass is 9.98. The van der Waals surface area contributed by atoms with Crippen LogP contribution in [0.1, 0.15) is 42.4 Å². The van der Waals surface area contributed by atoms with E-state index in [1.807, 2.05) is 60.7 Å². The predicted molar refractivity (Wildman–Crippen MR) is 129 cm³/mol. The summed E-state index contributed by atoms with van der Waals surface area (Å²) in [7, 11) is 0. The van der Waals surface area contributed by atoms with Gasteiger partial charge >= 0.3 is 6.09 Å². The maximum Gasteiger partial charge on any atom is 0.407 e. The van der Waals surface area contributed by atoms with Crippen LogP contribution >= 0.6 is 0 Å². The first-order valence-electron chi connectivity index (χ1n) is 11.2. The van der Waals surface area contributed by atoms with Crippen molar-refractivity contribution in [3.8, 4) is 16.9 Å². The van der Waals surface area contributed by atoms with Gasteiger partial charge in [-0.25, -0.2) is 4.79 Å². The average molecular weight is 428 g/mol. The molecule has 32 heavy (non-hydrogen) atoms. The number of benzene rings is 3. The molecule has 4 heteroatoms. The fourth-order valence-electron chi connectivity index (χ4n) is 4.00. The van der Waals surface area contributed by atoms with Gasteiger partial charge in [0.2, 0.25) is 0 Å². The number of rotatable bonds is 9. The summed E-state index contributed by atoms with van der Waals surface area (Å²) in [5.74, 6) is 0.953. The molecule has 0 saturated heterocycles. The molecule has 0 spiro atoms. The first-order chi connectivity index (χ1) is 15.8. The van der Waals surface area contributed by atoms with E-state index in [1.54, 1.807) is 0 Å². The van der Waals surface area contributed by atoms with Crippen molar-refractivity contribution in [1.29, 1.82) is 0 Å². The summed E-state index contributed by atoms with van der Waals surface area (Å²) in [4.78, 5) is 12.2. The molecule has 3 aromatic carbocycles. The molecule has 0 heterocycles. The molecule has 0 saturated carbocycles. The fourth-order valence-corrected chi connectivity index (χ4v) is 4.00. The van der Waals surface area contributed by atoms with E-state index in [-0.39, 0.29) is 5.92 Å². The Kier molecular flexibility index (Phi) is 7.23. The molecule has 0 unspecified atom stereocenters. The maximum atomic E-state index is 12.2. The fraction of sp³-hybridized carbons (Fsp3) is 0.250. The number of hydrogen-bond acceptors (Lipinski definition) is 3. The van der Waals surface area contributed by atoms with Gasteiger partial charge in [0, 0.05) is 12.5 Å². The van der Waals surface area contributed by atoms with E-state index in [2.05, 4.69) is 36.5 Å². The topological polar surface area (TPSA) is 47.6 Å². The van der Waals surface area contributed by atoms with Gasteiger partial charge in [0.1, 0.15) is 12.4 Å². The summed E-state index contributed by atoms with van der Waals surface area (Å²) in [6, 6.07) is 24.6. The lowest BCUT2D eigenvalue weighted by Gasteiger charge is -2.14. The minimum atomic E-state index is -0.406. The number of hydrogen-bond donors (Lipinski definition) is 1. The Morgan fingerprint density at radius 3 is 2.25 bits per heavy atom. The van der Waals surface area contributed by atoms with Crippen molar-refractivity contribution in [1.82, 2.24) is 5.32 Å². The molecule has 1 amide bonds. The first-order valence-corrected chi connectivity index (χ1v) is 11.2. The summed E-state index contributed by atoms with van der Waals surface area (Å²) in [5, 5.41) is 2.80. The summed E-state index contributed by atoms with van der Waals surface area (Å²) in [6.07, 6.45) is 5.66. The summed E-state index contributed by atoms with van der Waals surface area (Å²) in [5.41, 5.74) is 5.93. The second-order valence-electron chi connectivity index (χ2n) is 7.88. The van der Waals surface area contributed by atoms with E-state index in [4.69, 9.17) is 9.47 Å². The monoisotopic (exact) mass is 427 g/mol. The maximum absolute atomic E-state index is 12.2. The minimum absolute atomic E-state index is 0.0711. The number of alkyl carbamates (subject to hydrolysis) is 1. The molecule has 0 aromatic heterocycles. The van der Waals surface area contributed by atoms with Crippen molar-refractivity contribution >= 4 is 12.2 Å². The molecular weight excluding hydrogens is 398 g/mol. The largest absolute Gasteiger partial charge is 0.494 e. The normalized spacial score (nSPS) is 12.4. The highest BCUT2D eigenvalue weighted by Gasteiger charge is 2.28. The van der Waals surface area contributed by atoms with Crippen LogP contribution in [0.5, 0.6) is 5.75 Å². The highest BCUT2D eigenvalue weighted by atomic mass is 16.5. The second kappa shape index (κ2) is 10.7. The molecule has 0 bridgehead atoms. The van der Waals surface area contributed by atoms with E-state index < -0.39 is 6.09 Å². The third-order valence-corrected chi connectivity index (χ3v) is 5.66. The van der Waals surface area contributed by atoms with Crippen molar-refractivity contribution in [2.45, 2.75) is 25.7 Å². The Morgan fingerprint density at radius 1 is 0.938 bits per heavy atom. The number of unbranched alkanes of at least 4 members (excludes halogenated alkanes) is 1. The number of amides is 1. The smallest absolute Gasteiger partial charge is 0.407 e. The third-order valence-electron chi connectivity index (χ3n) is 5.66. The van der Waals surface area contributed by atoms with Gasteiger partial charge < -0.3 is 14.8 Å². The molecule has 1 aliphatic carbocycles. The van der Waals surface area contributed by atoms with Crippen molar-refractivity contribution in [3.05, 3.63) is 95.6 Å². The van der Waals surface area contributed by atoms with Crippen LogP contribution in [-0.4, -0.2) is 25.9 Å². The highest BCUT2D eigenvalue weighted by molar-refractivity contribution is 5.79. The van der Waals surface area contributed by atoms with Gasteiger partial charge in [-0.15, -0.1) is 0 Å². The van der Waals surface area contributed by atoms with E-state index in [0.29, 0.717) is 13.2 Å². The van der Waals surface area contributed by atoms with Crippen LogP contribution in [0.25, 0.3) is 17.2 Å². The van der Waals surface area contributed by atoms with E-state index in [0.717, 1.165) is 30.8 Å². The lowest BCUT2D eigenvalue weighted by Crippen LogP contribution is -2.26. The molecule has 3 aromatic rings. The SMILES string of the molecule is CCCCOc1ccc(C=CCNC(=O)OCC2c3ccccc3-c3ccccc32)cc1.